The Morgan fingerprint density at radius 3 is 2.79 bits per heavy atom. The molecule has 4 N–H and O–H groups in total. The summed E-state index contributed by atoms with van der Waals surface area (Å²) >= 11 is 0. The highest BCUT2D eigenvalue weighted by Gasteiger charge is 2.15. The van der Waals surface area contributed by atoms with Crippen LogP contribution >= 0.6 is 0 Å². The van der Waals surface area contributed by atoms with Crippen molar-refractivity contribution in [1.29, 1.82) is 0 Å². The fourth-order valence-corrected chi connectivity index (χ4v) is 1.37. The highest BCUT2D eigenvalue weighted by atomic mass is 16.6. The van der Waals surface area contributed by atoms with Crippen molar-refractivity contribution in [2.24, 2.45) is 0 Å². The summed E-state index contributed by atoms with van der Waals surface area (Å²) in [5.41, 5.74) is 5.88. The number of alkyl carbamates (subject to hydrolysis) is 1. The molecular weight excluding hydrogens is 244 g/mol. The van der Waals surface area contributed by atoms with Crippen LogP contribution < -0.4 is 16.4 Å². The summed E-state index contributed by atoms with van der Waals surface area (Å²) in [6.07, 6.45) is 2.04. The molecule has 0 atom stereocenters. The SMILES string of the molecule is CC(C)(C)OC(=O)NCCCNc1ncccc1N. The van der Waals surface area contributed by atoms with Crippen LogP contribution in [0.25, 0.3) is 0 Å². The van der Waals surface area contributed by atoms with Gasteiger partial charge in [0.15, 0.2) is 0 Å². The maximum Gasteiger partial charge on any atom is 0.407 e. The fourth-order valence-electron chi connectivity index (χ4n) is 1.37. The van der Waals surface area contributed by atoms with Gasteiger partial charge in [-0.25, -0.2) is 9.78 Å². The van der Waals surface area contributed by atoms with E-state index in [4.69, 9.17) is 10.5 Å². The van der Waals surface area contributed by atoms with Crippen molar-refractivity contribution in [2.75, 3.05) is 24.1 Å². The zero-order valence-electron chi connectivity index (χ0n) is 11.7. The number of rotatable bonds is 5. The quantitative estimate of drug-likeness (QED) is 0.709. The van der Waals surface area contributed by atoms with E-state index in [0.29, 0.717) is 24.6 Å². The number of anilines is 2. The summed E-state index contributed by atoms with van der Waals surface area (Å²) in [6.45, 7) is 6.71. The van der Waals surface area contributed by atoms with Crippen molar-refractivity contribution in [3.05, 3.63) is 18.3 Å². The molecule has 0 aliphatic heterocycles. The topological polar surface area (TPSA) is 89.3 Å². The first-order chi connectivity index (χ1) is 8.88. The van der Waals surface area contributed by atoms with Crippen LogP contribution in [0.3, 0.4) is 0 Å². The number of nitrogens with one attached hydrogen (secondary N) is 2. The van der Waals surface area contributed by atoms with Gasteiger partial charge >= 0.3 is 6.09 Å². The third kappa shape index (κ3) is 6.49. The van der Waals surface area contributed by atoms with Gasteiger partial charge in [0.1, 0.15) is 11.4 Å². The molecule has 1 rings (SSSR count). The lowest BCUT2D eigenvalue weighted by molar-refractivity contribution is 0.0528. The number of nitrogen functional groups attached to an aromatic ring is 1. The summed E-state index contributed by atoms with van der Waals surface area (Å²) in [7, 11) is 0. The summed E-state index contributed by atoms with van der Waals surface area (Å²) in [5, 5.41) is 5.79. The van der Waals surface area contributed by atoms with Crippen molar-refractivity contribution in [2.45, 2.75) is 32.8 Å². The highest BCUT2D eigenvalue weighted by Crippen LogP contribution is 2.12. The molecule has 0 aliphatic carbocycles. The number of nitrogens with two attached hydrogens (primary N) is 1. The fraction of sp³-hybridized carbons (Fsp3) is 0.538. The summed E-state index contributed by atoms with van der Waals surface area (Å²) < 4.78 is 5.12. The van der Waals surface area contributed by atoms with E-state index in [1.54, 1.807) is 18.3 Å². The zero-order chi connectivity index (χ0) is 14.3. The number of hydrogen-bond acceptors (Lipinski definition) is 5. The number of nitrogens with zero attached hydrogens (tertiary/aromatic N) is 1. The number of hydrogen-bond donors (Lipinski definition) is 3. The first kappa shape index (κ1) is 15.1. The average Bonchev–Trinajstić information content (AvgIpc) is 2.28. The van der Waals surface area contributed by atoms with Gasteiger partial charge in [0.25, 0.3) is 0 Å². The lowest BCUT2D eigenvalue weighted by Crippen LogP contribution is -2.33. The Kier molecular flexibility index (Phi) is 5.41. The Morgan fingerprint density at radius 1 is 1.42 bits per heavy atom. The minimum atomic E-state index is -0.468. The Labute approximate surface area is 113 Å². The van der Waals surface area contributed by atoms with E-state index in [2.05, 4.69) is 15.6 Å². The van der Waals surface area contributed by atoms with E-state index < -0.39 is 11.7 Å². The molecule has 1 heterocycles. The van der Waals surface area contributed by atoms with E-state index in [9.17, 15) is 4.79 Å². The largest absolute Gasteiger partial charge is 0.444 e. The smallest absolute Gasteiger partial charge is 0.407 e. The van der Waals surface area contributed by atoms with Crippen LogP contribution in [-0.2, 0) is 4.74 Å². The summed E-state index contributed by atoms with van der Waals surface area (Å²) in [5.74, 6) is 0.666. The number of pyridine rings is 1. The molecule has 0 aliphatic rings. The Bertz CT molecular complexity index is 415. The highest BCUT2D eigenvalue weighted by molar-refractivity contribution is 5.67. The molecule has 6 nitrogen and oxygen atoms in total. The Balaban J connectivity index is 2.15. The van der Waals surface area contributed by atoms with Crippen molar-refractivity contribution >= 4 is 17.6 Å². The Hall–Kier alpha value is -1.98. The van der Waals surface area contributed by atoms with Crippen LogP contribution in [0, 0.1) is 0 Å². The molecule has 19 heavy (non-hydrogen) atoms. The predicted molar refractivity (Wildman–Crippen MR) is 76.0 cm³/mol. The van der Waals surface area contributed by atoms with E-state index in [-0.39, 0.29) is 0 Å². The van der Waals surface area contributed by atoms with Crippen LogP contribution in [0.1, 0.15) is 27.2 Å². The lowest BCUT2D eigenvalue weighted by Gasteiger charge is -2.19. The van der Waals surface area contributed by atoms with Gasteiger partial charge in [0.2, 0.25) is 0 Å². The van der Waals surface area contributed by atoms with Gasteiger partial charge in [-0.3, -0.25) is 0 Å². The maximum atomic E-state index is 11.4. The molecule has 6 heteroatoms. The summed E-state index contributed by atoms with van der Waals surface area (Å²) in [6, 6.07) is 3.57. The number of carbonyl (C=O) groups excluding carboxylic acids is 1. The predicted octanol–water partition coefficient (Wildman–Crippen LogP) is 1.99. The van der Waals surface area contributed by atoms with Gasteiger partial charge in [0.05, 0.1) is 5.69 Å². The molecule has 0 aromatic carbocycles. The minimum absolute atomic E-state index is 0.398. The molecule has 0 fully saturated rings. The van der Waals surface area contributed by atoms with Crippen LogP contribution in [-0.4, -0.2) is 29.8 Å². The van der Waals surface area contributed by atoms with Crippen molar-refractivity contribution in [3.8, 4) is 0 Å². The molecule has 1 aromatic rings. The van der Waals surface area contributed by atoms with Crippen LogP contribution in [0.15, 0.2) is 18.3 Å². The molecule has 106 valence electrons. The maximum absolute atomic E-state index is 11.4. The monoisotopic (exact) mass is 266 g/mol. The number of ether oxygens (including phenoxy) is 1. The molecule has 0 saturated carbocycles. The van der Waals surface area contributed by atoms with Crippen LogP contribution in [0.5, 0.6) is 0 Å². The molecule has 0 radical (unpaired) electrons. The van der Waals surface area contributed by atoms with Gasteiger partial charge in [-0.1, -0.05) is 0 Å². The molecule has 1 amide bonds. The molecule has 0 saturated heterocycles. The van der Waals surface area contributed by atoms with Crippen molar-refractivity contribution < 1.29 is 9.53 Å². The molecule has 0 unspecified atom stereocenters. The third-order valence-electron chi connectivity index (χ3n) is 2.15. The number of aromatic nitrogens is 1. The normalized spacial score (nSPS) is 10.9. The van der Waals surface area contributed by atoms with Crippen molar-refractivity contribution in [3.63, 3.8) is 0 Å². The first-order valence-corrected chi connectivity index (χ1v) is 6.30. The molecular formula is C13H22N4O2. The number of amides is 1. The van der Waals surface area contributed by atoms with Crippen molar-refractivity contribution in [1.82, 2.24) is 10.3 Å². The van der Waals surface area contributed by atoms with E-state index in [1.807, 2.05) is 20.8 Å². The lowest BCUT2D eigenvalue weighted by atomic mass is 10.2. The molecule has 0 bridgehead atoms. The average molecular weight is 266 g/mol. The second-order valence-corrected chi connectivity index (χ2v) is 5.15. The standard InChI is InChI=1S/C13H22N4O2/c1-13(2,3)19-12(18)17-9-5-8-16-11-10(14)6-4-7-15-11/h4,6-7H,5,8-9,14H2,1-3H3,(H,15,16)(H,17,18). The molecule has 1 aromatic heterocycles. The zero-order valence-corrected chi connectivity index (χ0v) is 11.7. The number of carbonyl (C=O) groups is 1. The van der Waals surface area contributed by atoms with E-state index in [1.165, 1.54) is 0 Å². The van der Waals surface area contributed by atoms with Gasteiger partial charge < -0.3 is 21.1 Å². The summed E-state index contributed by atoms with van der Waals surface area (Å²) in [4.78, 5) is 15.5. The molecule has 0 spiro atoms. The van der Waals surface area contributed by atoms with Gasteiger partial charge in [-0.15, -0.1) is 0 Å². The third-order valence-corrected chi connectivity index (χ3v) is 2.15. The van der Waals surface area contributed by atoms with Gasteiger partial charge in [-0.05, 0) is 39.3 Å². The van der Waals surface area contributed by atoms with Gasteiger partial charge in [0, 0.05) is 19.3 Å². The van der Waals surface area contributed by atoms with E-state index >= 15 is 0 Å². The van der Waals surface area contributed by atoms with Crippen LogP contribution in [0.4, 0.5) is 16.3 Å². The second kappa shape index (κ2) is 6.82. The van der Waals surface area contributed by atoms with Gasteiger partial charge in [-0.2, -0.15) is 0 Å². The minimum Gasteiger partial charge on any atom is -0.444 e. The van der Waals surface area contributed by atoms with E-state index in [0.717, 1.165) is 6.42 Å². The van der Waals surface area contributed by atoms with Crippen LogP contribution in [0.2, 0.25) is 0 Å². The first-order valence-electron chi connectivity index (χ1n) is 6.30. The second-order valence-electron chi connectivity index (χ2n) is 5.15. The Morgan fingerprint density at radius 2 is 2.16 bits per heavy atom.